The molecule has 0 saturated heterocycles. The van der Waals surface area contributed by atoms with Crippen molar-refractivity contribution >= 4 is 0 Å². The first-order valence-electron chi connectivity index (χ1n) is 7.78. The molecular weight excluding hydrogens is 232 g/mol. The van der Waals surface area contributed by atoms with Crippen LogP contribution in [0.1, 0.15) is 55.2 Å². The predicted molar refractivity (Wildman–Crippen MR) is 80.2 cm³/mol. The summed E-state index contributed by atoms with van der Waals surface area (Å²) in [6, 6.07) is 9.60. The minimum atomic E-state index is 0.383. The molecule has 2 fully saturated rings. The van der Waals surface area contributed by atoms with E-state index in [1.807, 2.05) is 0 Å². The van der Waals surface area contributed by atoms with Crippen LogP contribution in [0, 0.1) is 5.92 Å². The van der Waals surface area contributed by atoms with Crippen LogP contribution in [0.4, 0.5) is 0 Å². The lowest BCUT2D eigenvalue weighted by Crippen LogP contribution is -2.36. The zero-order valence-electron chi connectivity index (χ0n) is 12.0. The molecule has 2 heteroatoms. The van der Waals surface area contributed by atoms with Gasteiger partial charge in [0.15, 0.2) is 0 Å². The molecule has 0 bridgehead atoms. The zero-order chi connectivity index (χ0) is 13.2. The Morgan fingerprint density at radius 2 is 1.84 bits per heavy atom. The normalized spacial score (nSPS) is 21.4. The molecule has 3 rings (SSSR count). The largest absolute Gasteiger partial charge is 0.329 e. The number of nitrogens with zero attached hydrogens (tertiary/aromatic N) is 1. The van der Waals surface area contributed by atoms with Crippen molar-refractivity contribution in [1.29, 1.82) is 0 Å². The van der Waals surface area contributed by atoms with Crippen LogP contribution in [0.15, 0.2) is 24.3 Å². The Morgan fingerprint density at radius 1 is 1.16 bits per heavy atom. The van der Waals surface area contributed by atoms with Crippen molar-refractivity contribution in [2.45, 2.75) is 44.1 Å². The van der Waals surface area contributed by atoms with E-state index >= 15 is 0 Å². The Bertz CT molecular complexity index is 404. The summed E-state index contributed by atoms with van der Waals surface area (Å²) in [5.41, 5.74) is 8.91. The van der Waals surface area contributed by atoms with E-state index in [-0.39, 0.29) is 0 Å². The average molecular weight is 258 g/mol. The second-order valence-corrected chi connectivity index (χ2v) is 6.43. The molecule has 2 nitrogen and oxygen atoms in total. The number of rotatable bonds is 6. The second-order valence-electron chi connectivity index (χ2n) is 6.43. The zero-order valence-corrected chi connectivity index (χ0v) is 12.0. The quantitative estimate of drug-likeness (QED) is 0.848. The number of benzene rings is 1. The first-order chi connectivity index (χ1) is 9.28. The lowest BCUT2D eigenvalue weighted by Gasteiger charge is -2.34. The average Bonchev–Trinajstić information content (AvgIpc) is 3.20. The second kappa shape index (κ2) is 5.64. The lowest BCUT2D eigenvalue weighted by atomic mass is 9.84. The maximum atomic E-state index is 6.01. The summed E-state index contributed by atoms with van der Waals surface area (Å²) in [6.45, 7) is 1.91. The minimum absolute atomic E-state index is 0.383. The highest BCUT2D eigenvalue weighted by Gasteiger charge is 2.25. The van der Waals surface area contributed by atoms with Crippen LogP contribution >= 0.6 is 0 Å². The Kier molecular flexibility index (Phi) is 3.90. The number of nitrogens with two attached hydrogens (primary N) is 1. The molecule has 1 atom stereocenters. The Labute approximate surface area is 117 Å². The van der Waals surface area contributed by atoms with Crippen molar-refractivity contribution in [3.63, 3.8) is 0 Å². The molecular formula is C17H26N2. The Hall–Kier alpha value is -0.860. The summed E-state index contributed by atoms with van der Waals surface area (Å²) in [5.74, 6) is 1.75. The summed E-state index contributed by atoms with van der Waals surface area (Å²) in [5, 5.41) is 0. The van der Waals surface area contributed by atoms with Gasteiger partial charge in [0.2, 0.25) is 0 Å². The first-order valence-corrected chi connectivity index (χ1v) is 7.78. The highest BCUT2D eigenvalue weighted by molar-refractivity contribution is 5.29. The molecule has 0 aromatic heterocycles. The van der Waals surface area contributed by atoms with Gasteiger partial charge in [-0.25, -0.2) is 0 Å². The van der Waals surface area contributed by atoms with E-state index in [1.165, 1.54) is 49.8 Å². The van der Waals surface area contributed by atoms with Gasteiger partial charge < -0.3 is 5.73 Å². The summed E-state index contributed by atoms with van der Waals surface area (Å²) in [6.07, 6.45) is 6.98. The Morgan fingerprint density at radius 3 is 2.32 bits per heavy atom. The molecule has 0 radical (unpaired) electrons. The standard InChI is InChI=1S/C17H26N2/c1-19(12-13-3-2-4-13)17(11-18)16-9-7-15(8-10-16)14-5-6-14/h7-10,13-14,17H,2-6,11-12,18H2,1H3. The van der Waals surface area contributed by atoms with Gasteiger partial charge in [0.1, 0.15) is 0 Å². The molecule has 104 valence electrons. The summed E-state index contributed by atoms with van der Waals surface area (Å²) in [4.78, 5) is 2.45. The maximum Gasteiger partial charge on any atom is 0.0467 e. The molecule has 0 amide bonds. The van der Waals surface area contributed by atoms with Crippen LogP contribution in [0.5, 0.6) is 0 Å². The third-order valence-electron chi connectivity index (χ3n) is 4.90. The summed E-state index contributed by atoms with van der Waals surface area (Å²) >= 11 is 0. The van der Waals surface area contributed by atoms with Crippen molar-refractivity contribution in [2.75, 3.05) is 20.1 Å². The van der Waals surface area contributed by atoms with Gasteiger partial charge >= 0.3 is 0 Å². The molecule has 1 unspecified atom stereocenters. The van der Waals surface area contributed by atoms with E-state index in [0.29, 0.717) is 12.6 Å². The van der Waals surface area contributed by atoms with Crippen molar-refractivity contribution in [3.05, 3.63) is 35.4 Å². The van der Waals surface area contributed by atoms with Gasteiger partial charge in [-0.3, -0.25) is 4.90 Å². The van der Waals surface area contributed by atoms with E-state index in [4.69, 9.17) is 5.73 Å². The number of hydrogen-bond acceptors (Lipinski definition) is 2. The number of hydrogen-bond donors (Lipinski definition) is 1. The van der Waals surface area contributed by atoms with E-state index in [9.17, 15) is 0 Å². The predicted octanol–water partition coefficient (Wildman–Crippen LogP) is 3.30. The van der Waals surface area contributed by atoms with Crippen LogP contribution in [-0.4, -0.2) is 25.0 Å². The molecule has 0 heterocycles. The monoisotopic (exact) mass is 258 g/mol. The lowest BCUT2D eigenvalue weighted by molar-refractivity contribution is 0.165. The summed E-state index contributed by atoms with van der Waals surface area (Å²) < 4.78 is 0. The van der Waals surface area contributed by atoms with Crippen molar-refractivity contribution in [2.24, 2.45) is 11.7 Å². The van der Waals surface area contributed by atoms with Crippen molar-refractivity contribution < 1.29 is 0 Å². The fourth-order valence-corrected chi connectivity index (χ4v) is 3.19. The van der Waals surface area contributed by atoms with Crippen molar-refractivity contribution in [1.82, 2.24) is 4.90 Å². The van der Waals surface area contributed by atoms with Gasteiger partial charge in [0.25, 0.3) is 0 Å². The smallest absolute Gasteiger partial charge is 0.0467 e. The van der Waals surface area contributed by atoms with Gasteiger partial charge in [0.05, 0.1) is 0 Å². The van der Waals surface area contributed by atoms with Crippen LogP contribution in [0.3, 0.4) is 0 Å². The molecule has 2 saturated carbocycles. The molecule has 1 aromatic rings. The fourth-order valence-electron chi connectivity index (χ4n) is 3.19. The molecule has 2 aliphatic rings. The number of likely N-dealkylation sites (N-methyl/N-ethyl adjacent to an activating group) is 1. The van der Waals surface area contributed by atoms with Gasteiger partial charge in [-0.1, -0.05) is 30.7 Å². The molecule has 0 spiro atoms. The SMILES string of the molecule is CN(CC1CCC1)C(CN)c1ccc(C2CC2)cc1. The first kappa shape index (κ1) is 13.1. The van der Waals surface area contributed by atoms with Gasteiger partial charge in [-0.2, -0.15) is 0 Å². The highest BCUT2D eigenvalue weighted by Crippen LogP contribution is 2.40. The topological polar surface area (TPSA) is 29.3 Å². The van der Waals surface area contributed by atoms with Gasteiger partial charge in [0, 0.05) is 19.1 Å². The van der Waals surface area contributed by atoms with Crippen LogP contribution in [-0.2, 0) is 0 Å². The van der Waals surface area contributed by atoms with Crippen LogP contribution in [0.25, 0.3) is 0 Å². The molecule has 2 N–H and O–H groups in total. The van der Waals surface area contributed by atoms with Crippen molar-refractivity contribution in [3.8, 4) is 0 Å². The molecule has 1 aromatic carbocycles. The Balaban J connectivity index is 1.65. The highest BCUT2D eigenvalue weighted by atomic mass is 15.1. The van der Waals surface area contributed by atoms with Crippen LogP contribution < -0.4 is 5.73 Å². The maximum absolute atomic E-state index is 6.01. The third-order valence-corrected chi connectivity index (χ3v) is 4.90. The molecule has 19 heavy (non-hydrogen) atoms. The van der Waals surface area contributed by atoms with Gasteiger partial charge in [-0.05, 0) is 55.7 Å². The van der Waals surface area contributed by atoms with E-state index in [0.717, 1.165) is 11.8 Å². The molecule has 0 aliphatic heterocycles. The van der Waals surface area contributed by atoms with E-state index in [1.54, 1.807) is 0 Å². The van der Waals surface area contributed by atoms with Crippen LogP contribution in [0.2, 0.25) is 0 Å². The fraction of sp³-hybridized carbons (Fsp3) is 0.647. The third kappa shape index (κ3) is 3.01. The minimum Gasteiger partial charge on any atom is -0.329 e. The molecule has 2 aliphatic carbocycles. The van der Waals surface area contributed by atoms with Gasteiger partial charge in [-0.15, -0.1) is 0 Å². The summed E-state index contributed by atoms with van der Waals surface area (Å²) in [7, 11) is 2.23. The van der Waals surface area contributed by atoms with E-state index in [2.05, 4.69) is 36.2 Å². The van der Waals surface area contributed by atoms with E-state index < -0.39 is 0 Å².